The molecule has 3 rings (SSSR count). The van der Waals surface area contributed by atoms with Crippen LogP contribution in [0.25, 0.3) is 5.76 Å². The zero-order valence-electron chi connectivity index (χ0n) is 22.5. The number of aliphatic hydroxyl groups is 1. The number of hydrogen-bond acceptors (Lipinski definition) is 6. The van der Waals surface area contributed by atoms with Crippen LogP contribution in [0.1, 0.15) is 63.1 Å². The highest BCUT2D eigenvalue weighted by molar-refractivity contribution is 6.46. The Balaban J connectivity index is 1.98. The summed E-state index contributed by atoms with van der Waals surface area (Å²) in [7, 11) is 3.94. The van der Waals surface area contributed by atoms with Crippen molar-refractivity contribution in [2.45, 2.75) is 52.0 Å². The molecule has 37 heavy (non-hydrogen) atoms. The van der Waals surface area contributed by atoms with Crippen molar-refractivity contribution >= 4 is 17.4 Å². The molecule has 0 saturated carbocycles. The minimum atomic E-state index is -0.697. The van der Waals surface area contributed by atoms with Crippen molar-refractivity contribution in [3.05, 3.63) is 65.2 Å². The lowest BCUT2D eigenvalue weighted by Gasteiger charge is -2.26. The van der Waals surface area contributed by atoms with Crippen LogP contribution in [0.4, 0.5) is 0 Å². The number of hydrogen-bond donors (Lipinski definition) is 1. The van der Waals surface area contributed by atoms with Crippen molar-refractivity contribution in [3.8, 4) is 11.5 Å². The largest absolute Gasteiger partial charge is 0.507 e. The number of benzene rings is 2. The minimum absolute atomic E-state index is 0.0974. The molecular formula is C30H40N2O5. The van der Waals surface area contributed by atoms with Gasteiger partial charge in [-0.2, -0.15) is 0 Å². The van der Waals surface area contributed by atoms with Crippen molar-refractivity contribution in [2.24, 2.45) is 0 Å². The number of carbonyl (C=O) groups excluding carboxylic acids is 2. The van der Waals surface area contributed by atoms with Crippen LogP contribution < -0.4 is 9.47 Å². The zero-order valence-corrected chi connectivity index (χ0v) is 22.5. The first-order valence-electron chi connectivity index (χ1n) is 13.3. The fourth-order valence-electron chi connectivity index (χ4n) is 4.42. The normalized spacial score (nSPS) is 17.0. The number of ketones is 1. The van der Waals surface area contributed by atoms with Crippen LogP contribution in [0.3, 0.4) is 0 Å². The Labute approximate surface area is 220 Å². The van der Waals surface area contributed by atoms with Crippen LogP contribution in [0.5, 0.6) is 11.5 Å². The molecular weight excluding hydrogens is 468 g/mol. The van der Waals surface area contributed by atoms with E-state index in [4.69, 9.17) is 9.47 Å². The molecule has 0 aromatic heterocycles. The second-order valence-electron chi connectivity index (χ2n) is 9.65. The molecule has 1 aliphatic rings. The summed E-state index contributed by atoms with van der Waals surface area (Å²) in [4.78, 5) is 30.1. The Hall–Kier alpha value is -3.32. The Kier molecular flexibility index (Phi) is 10.6. The Morgan fingerprint density at radius 2 is 1.65 bits per heavy atom. The molecule has 7 heteroatoms. The summed E-state index contributed by atoms with van der Waals surface area (Å²) in [6.07, 6.45) is 4.75. The first-order valence-corrected chi connectivity index (χ1v) is 13.3. The predicted molar refractivity (Wildman–Crippen MR) is 146 cm³/mol. The molecule has 200 valence electrons. The van der Waals surface area contributed by atoms with Crippen LogP contribution in [-0.4, -0.2) is 67.0 Å². The van der Waals surface area contributed by atoms with Crippen molar-refractivity contribution in [1.82, 2.24) is 9.80 Å². The molecule has 0 aliphatic carbocycles. The first-order chi connectivity index (χ1) is 17.9. The summed E-state index contributed by atoms with van der Waals surface area (Å²) in [5, 5.41) is 11.3. The van der Waals surface area contributed by atoms with Crippen molar-refractivity contribution < 1.29 is 24.2 Å². The van der Waals surface area contributed by atoms with E-state index in [-0.39, 0.29) is 11.3 Å². The van der Waals surface area contributed by atoms with E-state index in [9.17, 15) is 14.7 Å². The lowest BCUT2D eigenvalue weighted by atomic mass is 9.95. The molecule has 1 unspecified atom stereocenters. The molecule has 7 nitrogen and oxygen atoms in total. The van der Waals surface area contributed by atoms with Gasteiger partial charge >= 0.3 is 0 Å². The Bertz CT molecular complexity index is 1080. The SMILES string of the molecule is CCCCCOc1cccc(C2/C(=C(\O)c3ccc(OCCC)cc3)C(=O)C(=O)N2CCCN(C)C)c1. The van der Waals surface area contributed by atoms with Gasteiger partial charge in [0.15, 0.2) is 0 Å². The topological polar surface area (TPSA) is 79.3 Å². The van der Waals surface area contributed by atoms with Gasteiger partial charge in [-0.05, 0) is 81.9 Å². The van der Waals surface area contributed by atoms with Crippen LogP contribution in [0, 0.1) is 0 Å². The highest BCUT2D eigenvalue weighted by Crippen LogP contribution is 2.40. The van der Waals surface area contributed by atoms with E-state index in [0.717, 1.165) is 37.8 Å². The van der Waals surface area contributed by atoms with E-state index in [0.29, 0.717) is 43.2 Å². The van der Waals surface area contributed by atoms with Gasteiger partial charge in [-0.25, -0.2) is 0 Å². The Morgan fingerprint density at radius 1 is 0.919 bits per heavy atom. The van der Waals surface area contributed by atoms with Gasteiger partial charge in [0.1, 0.15) is 17.3 Å². The number of Topliss-reactive ketones (excluding diaryl/α,β-unsaturated/α-hetero) is 1. The highest BCUT2D eigenvalue weighted by atomic mass is 16.5. The summed E-state index contributed by atoms with van der Waals surface area (Å²) < 4.78 is 11.6. The number of aliphatic hydroxyl groups excluding tert-OH is 1. The summed E-state index contributed by atoms with van der Waals surface area (Å²) >= 11 is 0. The number of nitrogens with zero attached hydrogens (tertiary/aromatic N) is 2. The summed E-state index contributed by atoms with van der Waals surface area (Å²) in [5.74, 6) is -0.0814. The van der Waals surface area contributed by atoms with E-state index in [1.54, 1.807) is 29.2 Å². The van der Waals surface area contributed by atoms with Crippen molar-refractivity contribution in [3.63, 3.8) is 0 Å². The number of carbonyl (C=O) groups is 2. The van der Waals surface area contributed by atoms with Gasteiger partial charge in [0.25, 0.3) is 11.7 Å². The molecule has 0 spiro atoms. The second-order valence-corrected chi connectivity index (χ2v) is 9.65. The second kappa shape index (κ2) is 13.8. The number of ether oxygens (including phenoxy) is 2. The van der Waals surface area contributed by atoms with E-state index in [2.05, 4.69) is 6.92 Å². The average molecular weight is 509 g/mol. The molecule has 2 aromatic carbocycles. The summed E-state index contributed by atoms with van der Waals surface area (Å²) in [5.41, 5.74) is 1.30. The van der Waals surface area contributed by atoms with Gasteiger partial charge in [-0.3, -0.25) is 9.59 Å². The molecule has 1 N–H and O–H groups in total. The Morgan fingerprint density at radius 3 is 2.32 bits per heavy atom. The highest BCUT2D eigenvalue weighted by Gasteiger charge is 2.45. The maximum atomic E-state index is 13.3. The molecule has 1 atom stereocenters. The lowest BCUT2D eigenvalue weighted by Crippen LogP contribution is -2.32. The minimum Gasteiger partial charge on any atom is -0.507 e. The van der Waals surface area contributed by atoms with E-state index >= 15 is 0 Å². The molecule has 1 saturated heterocycles. The predicted octanol–water partition coefficient (Wildman–Crippen LogP) is 5.42. The summed E-state index contributed by atoms with van der Waals surface area (Å²) in [6.45, 7) is 6.55. The van der Waals surface area contributed by atoms with Gasteiger partial charge < -0.3 is 24.4 Å². The molecule has 0 bridgehead atoms. The zero-order chi connectivity index (χ0) is 26.8. The van der Waals surface area contributed by atoms with E-state index < -0.39 is 17.7 Å². The van der Waals surface area contributed by atoms with Gasteiger partial charge in [-0.1, -0.05) is 38.8 Å². The fourth-order valence-corrected chi connectivity index (χ4v) is 4.42. The number of amides is 1. The average Bonchev–Trinajstić information content (AvgIpc) is 3.15. The van der Waals surface area contributed by atoms with Gasteiger partial charge in [0.2, 0.25) is 0 Å². The number of likely N-dealkylation sites (tertiary alicyclic amines) is 1. The van der Waals surface area contributed by atoms with Gasteiger partial charge in [0.05, 0.1) is 24.8 Å². The standard InChI is InChI=1S/C30H40N2O5/c1-5-7-8-20-37-25-12-9-11-23(21-25)27-26(29(34)30(35)32(27)18-10-17-31(3)4)28(33)22-13-15-24(16-14-22)36-19-6-2/h9,11-16,21,27,33H,5-8,10,17-20H2,1-4H3/b28-26+. The lowest BCUT2D eigenvalue weighted by molar-refractivity contribution is -0.139. The molecule has 1 amide bonds. The van der Waals surface area contributed by atoms with Crippen LogP contribution in [-0.2, 0) is 9.59 Å². The molecule has 2 aromatic rings. The third-order valence-electron chi connectivity index (χ3n) is 6.34. The van der Waals surface area contributed by atoms with Crippen molar-refractivity contribution in [1.29, 1.82) is 0 Å². The number of rotatable bonds is 14. The number of unbranched alkanes of at least 4 members (excludes halogenated alkanes) is 2. The fraction of sp³-hybridized carbons (Fsp3) is 0.467. The smallest absolute Gasteiger partial charge is 0.295 e. The van der Waals surface area contributed by atoms with Crippen molar-refractivity contribution in [2.75, 3.05) is 40.4 Å². The van der Waals surface area contributed by atoms with Crippen LogP contribution in [0.15, 0.2) is 54.1 Å². The molecule has 0 radical (unpaired) electrons. The van der Waals surface area contributed by atoms with E-state index in [1.165, 1.54) is 0 Å². The molecule has 1 aliphatic heterocycles. The first kappa shape index (κ1) is 28.3. The maximum absolute atomic E-state index is 13.3. The van der Waals surface area contributed by atoms with Gasteiger partial charge in [0, 0.05) is 12.1 Å². The summed E-state index contributed by atoms with van der Waals surface area (Å²) in [6, 6.07) is 13.7. The molecule has 1 fully saturated rings. The molecule has 1 heterocycles. The van der Waals surface area contributed by atoms with Gasteiger partial charge in [-0.15, -0.1) is 0 Å². The monoisotopic (exact) mass is 508 g/mol. The van der Waals surface area contributed by atoms with Crippen LogP contribution >= 0.6 is 0 Å². The van der Waals surface area contributed by atoms with E-state index in [1.807, 2.05) is 50.2 Å². The third-order valence-corrected chi connectivity index (χ3v) is 6.34. The maximum Gasteiger partial charge on any atom is 0.295 e. The third kappa shape index (κ3) is 7.35. The quantitative estimate of drug-likeness (QED) is 0.159. The van der Waals surface area contributed by atoms with Crippen LogP contribution in [0.2, 0.25) is 0 Å².